The fourth-order valence-electron chi connectivity index (χ4n) is 0.874. The molecule has 0 radical (unpaired) electrons. The third-order valence-electron chi connectivity index (χ3n) is 1.53. The summed E-state index contributed by atoms with van der Waals surface area (Å²) >= 11 is 1.36. The highest BCUT2D eigenvalue weighted by Gasteiger charge is 2.09. The Morgan fingerprint density at radius 2 is 2.54 bits per heavy atom. The van der Waals surface area contributed by atoms with E-state index in [1.165, 1.54) is 18.4 Å². The Hall–Kier alpha value is -0.940. The number of rotatable bonds is 4. The minimum absolute atomic E-state index is 0.323. The smallest absolute Gasteiger partial charge is 0.349 e. The van der Waals surface area contributed by atoms with E-state index in [-0.39, 0.29) is 5.97 Å². The maximum Gasteiger partial charge on any atom is 0.349 e. The SMILES string of the molecule is COC(=O)c1cnc(CCCN)s1. The molecule has 1 aromatic heterocycles. The van der Waals surface area contributed by atoms with E-state index in [1.54, 1.807) is 6.20 Å². The summed E-state index contributed by atoms with van der Waals surface area (Å²) < 4.78 is 4.56. The number of nitrogens with two attached hydrogens (primary N) is 1. The number of nitrogens with zero attached hydrogens (tertiary/aromatic N) is 1. The van der Waals surface area contributed by atoms with Crippen LogP contribution < -0.4 is 5.73 Å². The van der Waals surface area contributed by atoms with Gasteiger partial charge < -0.3 is 10.5 Å². The van der Waals surface area contributed by atoms with Crippen LogP contribution in [0.25, 0.3) is 0 Å². The first-order valence-electron chi connectivity index (χ1n) is 4.01. The van der Waals surface area contributed by atoms with Crippen molar-refractivity contribution in [1.82, 2.24) is 4.98 Å². The van der Waals surface area contributed by atoms with Crippen molar-refractivity contribution < 1.29 is 9.53 Å². The summed E-state index contributed by atoms with van der Waals surface area (Å²) in [7, 11) is 1.36. The molecule has 0 fully saturated rings. The zero-order valence-corrected chi connectivity index (χ0v) is 8.26. The number of ether oxygens (including phenoxy) is 1. The van der Waals surface area contributed by atoms with Crippen LogP contribution in [0.15, 0.2) is 6.20 Å². The van der Waals surface area contributed by atoms with Crippen LogP contribution in [0.5, 0.6) is 0 Å². The number of carbonyl (C=O) groups is 1. The van der Waals surface area contributed by atoms with E-state index >= 15 is 0 Å². The van der Waals surface area contributed by atoms with Crippen LogP contribution in [0.4, 0.5) is 0 Å². The summed E-state index contributed by atoms with van der Waals surface area (Å²) in [5.74, 6) is -0.323. The van der Waals surface area contributed by atoms with Crippen LogP contribution in [0.2, 0.25) is 0 Å². The standard InChI is InChI=1S/C8H12N2O2S/c1-12-8(11)6-5-10-7(13-6)3-2-4-9/h5H,2-4,9H2,1H3. The first-order valence-corrected chi connectivity index (χ1v) is 4.82. The zero-order valence-electron chi connectivity index (χ0n) is 7.45. The van der Waals surface area contributed by atoms with Gasteiger partial charge in [-0.1, -0.05) is 0 Å². The molecule has 5 heteroatoms. The molecule has 13 heavy (non-hydrogen) atoms. The van der Waals surface area contributed by atoms with Crippen molar-refractivity contribution in [2.75, 3.05) is 13.7 Å². The summed E-state index contributed by atoms with van der Waals surface area (Å²) in [6.07, 6.45) is 3.27. The molecular formula is C8H12N2O2S. The van der Waals surface area contributed by atoms with Gasteiger partial charge in [0.05, 0.1) is 18.3 Å². The van der Waals surface area contributed by atoms with E-state index < -0.39 is 0 Å². The fourth-order valence-corrected chi connectivity index (χ4v) is 1.75. The number of aromatic nitrogens is 1. The molecular weight excluding hydrogens is 188 g/mol. The lowest BCUT2D eigenvalue weighted by molar-refractivity contribution is 0.0606. The van der Waals surface area contributed by atoms with Crippen molar-refractivity contribution in [2.45, 2.75) is 12.8 Å². The molecule has 0 unspecified atom stereocenters. The largest absolute Gasteiger partial charge is 0.465 e. The molecule has 0 aromatic carbocycles. The summed E-state index contributed by atoms with van der Waals surface area (Å²) in [5.41, 5.74) is 5.35. The van der Waals surface area contributed by atoms with Crippen molar-refractivity contribution in [2.24, 2.45) is 5.73 Å². The number of hydrogen-bond donors (Lipinski definition) is 1. The molecule has 0 atom stereocenters. The second-order valence-corrected chi connectivity index (χ2v) is 3.62. The lowest BCUT2D eigenvalue weighted by Crippen LogP contribution is -1.99. The lowest BCUT2D eigenvalue weighted by Gasteiger charge is -1.92. The maximum absolute atomic E-state index is 11.0. The van der Waals surface area contributed by atoms with Crippen molar-refractivity contribution >= 4 is 17.3 Å². The quantitative estimate of drug-likeness (QED) is 0.731. The Morgan fingerprint density at radius 1 is 1.77 bits per heavy atom. The zero-order chi connectivity index (χ0) is 9.68. The van der Waals surface area contributed by atoms with Crippen molar-refractivity contribution in [3.05, 3.63) is 16.1 Å². The van der Waals surface area contributed by atoms with E-state index in [0.29, 0.717) is 11.4 Å². The average Bonchev–Trinajstić information content (AvgIpc) is 2.62. The van der Waals surface area contributed by atoms with Crippen LogP contribution in [0.3, 0.4) is 0 Å². The van der Waals surface area contributed by atoms with Crippen LogP contribution >= 0.6 is 11.3 Å². The van der Waals surface area contributed by atoms with E-state index in [0.717, 1.165) is 17.8 Å². The second kappa shape index (κ2) is 4.94. The molecule has 1 rings (SSSR count). The molecule has 0 aliphatic carbocycles. The Kier molecular flexibility index (Phi) is 3.85. The van der Waals surface area contributed by atoms with Gasteiger partial charge in [0.1, 0.15) is 4.88 Å². The van der Waals surface area contributed by atoms with Crippen molar-refractivity contribution in [3.63, 3.8) is 0 Å². The highest BCUT2D eigenvalue weighted by molar-refractivity contribution is 7.13. The molecule has 1 aromatic rings. The molecule has 0 saturated carbocycles. The molecule has 4 nitrogen and oxygen atoms in total. The van der Waals surface area contributed by atoms with Gasteiger partial charge in [-0.15, -0.1) is 11.3 Å². The second-order valence-electron chi connectivity index (χ2n) is 2.50. The summed E-state index contributed by atoms with van der Waals surface area (Å²) in [5, 5.41) is 0.936. The molecule has 0 bridgehead atoms. The predicted octanol–water partition coefficient (Wildman–Crippen LogP) is 0.821. The van der Waals surface area contributed by atoms with E-state index in [9.17, 15) is 4.79 Å². The Labute approximate surface area is 80.7 Å². The third-order valence-corrected chi connectivity index (χ3v) is 2.57. The number of aryl methyl sites for hydroxylation is 1. The van der Waals surface area contributed by atoms with Gasteiger partial charge in [0.25, 0.3) is 0 Å². The Balaban J connectivity index is 2.58. The van der Waals surface area contributed by atoms with E-state index in [2.05, 4.69) is 9.72 Å². The number of thiazole rings is 1. The number of esters is 1. The average molecular weight is 200 g/mol. The summed E-state index contributed by atoms with van der Waals surface area (Å²) in [4.78, 5) is 15.7. The van der Waals surface area contributed by atoms with Gasteiger partial charge in [-0.25, -0.2) is 9.78 Å². The Bertz CT molecular complexity index is 285. The van der Waals surface area contributed by atoms with Gasteiger partial charge in [0.15, 0.2) is 0 Å². The van der Waals surface area contributed by atoms with Gasteiger partial charge >= 0.3 is 5.97 Å². The lowest BCUT2D eigenvalue weighted by atomic mass is 10.3. The van der Waals surface area contributed by atoms with Crippen molar-refractivity contribution in [1.29, 1.82) is 0 Å². The van der Waals surface area contributed by atoms with Crippen LogP contribution in [0, 0.1) is 0 Å². The molecule has 72 valence electrons. The first kappa shape index (κ1) is 10.1. The minimum atomic E-state index is -0.323. The van der Waals surface area contributed by atoms with Gasteiger partial charge in [-0.05, 0) is 13.0 Å². The molecule has 1 heterocycles. The topological polar surface area (TPSA) is 65.2 Å². The van der Waals surface area contributed by atoms with Crippen molar-refractivity contribution in [3.8, 4) is 0 Å². The normalized spacial score (nSPS) is 10.0. The third kappa shape index (κ3) is 2.78. The monoisotopic (exact) mass is 200 g/mol. The first-order chi connectivity index (χ1) is 6.27. The molecule has 0 amide bonds. The van der Waals surface area contributed by atoms with Crippen LogP contribution in [-0.4, -0.2) is 24.6 Å². The molecule has 0 saturated heterocycles. The van der Waals surface area contributed by atoms with Gasteiger partial charge in [-0.2, -0.15) is 0 Å². The van der Waals surface area contributed by atoms with Gasteiger partial charge in [0, 0.05) is 6.42 Å². The maximum atomic E-state index is 11.0. The van der Waals surface area contributed by atoms with Gasteiger partial charge in [-0.3, -0.25) is 0 Å². The number of carbonyl (C=O) groups excluding carboxylic acids is 1. The van der Waals surface area contributed by atoms with E-state index in [1.807, 2.05) is 0 Å². The molecule has 0 spiro atoms. The molecule has 0 aliphatic heterocycles. The highest BCUT2D eigenvalue weighted by Crippen LogP contribution is 2.14. The van der Waals surface area contributed by atoms with Crippen LogP contribution in [-0.2, 0) is 11.2 Å². The fraction of sp³-hybridized carbons (Fsp3) is 0.500. The summed E-state index contributed by atoms with van der Waals surface area (Å²) in [6.45, 7) is 0.646. The predicted molar refractivity (Wildman–Crippen MR) is 50.8 cm³/mol. The van der Waals surface area contributed by atoms with Crippen LogP contribution in [0.1, 0.15) is 21.1 Å². The molecule has 0 aliphatic rings. The number of methoxy groups -OCH3 is 1. The Morgan fingerprint density at radius 3 is 3.15 bits per heavy atom. The van der Waals surface area contributed by atoms with E-state index in [4.69, 9.17) is 5.73 Å². The highest BCUT2D eigenvalue weighted by atomic mass is 32.1. The molecule has 2 N–H and O–H groups in total. The minimum Gasteiger partial charge on any atom is -0.465 e. The number of hydrogen-bond acceptors (Lipinski definition) is 5. The summed E-state index contributed by atoms with van der Waals surface area (Å²) in [6, 6.07) is 0. The van der Waals surface area contributed by atoms with Gasteiger partial charge in [0.2, 0.25) is 0 Å².